The van der Waals surface area contributed by atoms with Gasteiger partial charge in [-0.25, -0.2) is 14.3 Å². The third kappa shape index (κ3) is 5.08. The van der Waals surface area contributed by atoms with Crippen LogP contribution < -0.4 is 20.5 Å². The summed E-state index contributed by atoms with van der Waals surface area (Å²) in [6.45, 7) is 4.15. The molecule has 1 aliphatic rings. The van der Waals surface area contributed by atoms with E-state index in [0.29, 0.717) is 43.4 Å². The van der Waals surface area contributed by atoms with Gasteiger partial charge in [0, 0.05) is 49.4 Å². The molecule has 0 atom stereocenters. The van der Waals surface area contributed by atoms with Crippen LogP contribution in [0.5, 0.6) is 11.5 Å². The normalized spacial score (nSPS) is 14.1. The van der Waals surface area contributed by atoms with Gasteiger partial charge in [0.15, 0.2) is 0 Å². The third-order valence-corrected chi connectivity index (χ3v) is 6.19. The quantitative estimate of drug-likeness (QED) is 0.576. The standard InChI is InChI=1S/C25H31N5O4/c1-4-29-23(27-30(25(29)32)17-18-8-6-5-7-9-18)19-10-12-28(13-11-19)24(31)26-20-14-21(33-2)16-22(15-20)34-3/h5-9,14-16,19H,4,10-13,17H2,1-3H3,(H,26,31). The molecule has 9 nitrogen and oxygen atoms in total. The predicted octanol–water partition coefficient (Wildman–Crippen LogP) is 3.54. The van der Waals surface area contributed by atoms with Gasteiger partial charge in [0.25, 0.3) is 0 Å². The SMILES string of the molecule is CCn1c(C2CCN(C(=O)Nc3cc(OC)cc(OC)c3)CC2)nn(Cc2ccccc2)c1=O. The minimum atomic E-state index is -0.170. The number of hydrogen-bond donors (Lipinski definition) is 1. The van der Waals surface area contributed by atoms with Crippen LogP contribution in [0.3, 0.4) is 0 Å². The van der Waals surface area contributed by atoms with Crippen LogP contribution in [0.1, 0.15) is 37.1 Å². The summed E-state index contributed by atoms with van der Waals surface area (Å²) >= 11 is 0. The van der Waals surface area contributed by atoms with E-state index in [4.69, 9.17) is 14.6 Å². The molecule has 2 heterocycles. The molecular formula is C25H31N5O4. The largest absolute Gasteiger partial charge is 0.497 e. The number of nitrogens with zero attached hydrogens (tertiary/aromatic N) is 4. The number of amides is 2. The molecule has 1 aliphatic heterocycles. The first-order valence-corrected chi connectivity index (χ1v) is 11.5. The van der Waals surface area contributed by atoms with Crippen molar-refractivity contribution in [1.82, 2.24) is 19.2 Å². The van der Waals surface area contributed by atoms with E-state index in [1.165, 1.54) is 0 Å². The Hall–Kier alpha value is -3.75. The van der Waals surface area contributed by atoms with E-state index < -0.39 is 0 Å². The molecule has 2 aromatic carbocycles. The molecule has 1 aromatic heterocycles. The van der Waals surface area contributed by atoms with Crippen LogP contribution in [0, 0.1) is 0 Å². The molecule has 0 unspecified atom stereocenters. The maximum absolute atomic E-state index is 12.9. The summed E-state index contributed by atoms with van der Waals surface area (Å²) in [6, 6.07) is 15.0. The number of rotatable bonds is 7. The number of ether oxygens (including phenoxy) is 2. The summed E-state index contributed by atoms with van der Waals surface area (Å²) in [5.41, 5.74) is 1.56. The Bertz CT molecular complexity index is 1160. The van der Waals surface area contributed by atoms with Crippen LogP contribution in [0.25, 0.3) is 0 Å². The van der Waals surface area contributed by atoms with E-state index in [-0.39, 0.29) is 17.6 Å². The molecule has 0 spiro atoms. The Labute approximate surface area is 198 Å². The van der Waals surface area contributed by atoms with E-state index in [9.17, 15) is 9.59 Å². The number of hydrogen-bond acceptors (Lipinski definition) is 5. The lowest BCUT2D eigenvalue weighted by atomic mass is 9.96. The van der Waals surface area contributed by atoms with Gasteiger partial charge in [-0.3, -0.25) is 4.57 Å². The van der Waals surface area contributed by atoms with Gasteiger partial charge in [-0.1, -0.05) is 30.3 Å². The second kappa shape index (κ2) is 10.5. The maximum Gasteiger partial charge on any atom is 0.346 e. The number of carbonyl (C=O) groups is 1. The first kappa shape index (κ1) is 23.4. The molecule has 180 valence electrons. The summed E-state index contributed by atoms with van der Waals surface area (Å²) in [7, 11) is 3.14. The third-order valence-electron chi connectivity index (χ3n) is 6.19. The van der Waals surface area contributed by atoms with Crippen molar-refractivity contribution in [2.45, 2.75) is 38.8 Å². The lowest BCUT2D eigenvalue weighted by Crippen LogP contribution is -2.41. The van der Waals surface area contributed by atoms with Gasteiger partial charge in [0.05, 0.1) is 20.8 Å². The number of piperidine rings is 1. The maximum atomic E-state index is 12.9. The van der Waals surface area contributed by atoms with Crippen LogP contribution in [0.15, 0.2) is 53.3 Å². The van der Waals surface area contributed by atoms with E-state index in [1.807, 2.05) is 37.3 Å². The van der Waals surface area contributed by atoms with Crippen molar-refractivity contribution in [3.63, 3.8) is 0 Å². The molecule has 1 fully saturated rings. The number of nitrogens with one attached hydrogen (secondary N) is 1. The second-order valence-corrected chi connectivity index (χ2v) is 8.32. The highest BCUT2D eigenvalue weighted by atomic mass is 16.5. The van der Waals surface area contributed by atoms with E-state index in [1.54, 1.807) is 46.6 Å². The van der Waals surface area contributed by atoms with Crippen LogP contribution >= 0.6 is 0 Å². The molecule has 2 amide bonds. The van der Waals surface area contributed by atoms with Gasteiger partial charge in [-0.15, -0.1) is 0 Å². The zero-order chi connectivity index (χ0) is 24.1. The Balaban J connectivity index is 1.42. The van der Waals surface area contributed by atoms with Gasteiger partial charge >= 0.3 is 11.7 Å². The van der Waals surface area contributed by atoms with Gasteiger partial charge in [0.1, 0.15) is 17.3 Å². The van der Waals surface area contributed by atoms with E-state index in [0.717, 1.165) is 24.2 Å². The van der Waals surface area contributed by atoms with Crippen molar-refractivity contribution in [2.24, 2.45) is 0 Å². The molecule has 0 saturated carbocycles. The first-order valence-electron chi connectivity index (χ1n) is 11.5. The summed E-state index contributed by atoms with van der Waals surface area (Å²) in [4.78, 5) is 27.6. The average Bonchev–Trinajstić information content (AvgIpc) is 3.19. The zero-order valence-corrected chi connectivity index (χ0v) is 19.9. The monoisotopic (exact) mass is 465 g/mol. The van der Waals surface area contributed by atoms with Crippen LogP contribution in [0.4, 0.5) is 10.5 Å². The molecule has 1 saturated heterocycles. The van der Waals surface area contributed by atoms with Crippen molar-refractivity contribution in [1.29, 1.82) is 0 Å². The van der Waals surface area contributed by atoms with E-state index in [2.05, 4.69) is 5.32 Å². The minimum Gasteiger partial charge on any atom is -0.497 e. The number of aromatic nitrogens is 3. The van der Waals surface area contributed by atoms with Crippen molar-refractivity contribution < 1.29 is 14.3 Å². The van der Waals surface area contributed by atoms with Crippen LogP contribution in [-0.4, -0.2) is 52.6 Å². The number of anilines is 1. The van der Waals surface area contributed by atoms with Crippen molar-refractivity contribution in [3.05, 3.63) is 70.4 Å². The molecule has 0 radical (unpaired) electrons. The number of urea groups is 1. The fraction of sp³-hybridized carbons (Fsp3) is 0.400. The molecule has 3 aromatic rings. The Kier molecular flexibility index (Phi) is 7.20. The van der Waals surface area contributed by atoms with Crippen molar-refractivity contribution >= 4 is 11.7 Å². The number of carbonyl (C=O) groups excluding carboxylic acids is 1. The van der Waals surface area contributed by atoms with Gasteiger partial charge < -0.3 is 19.7 Å². The van der Waals surface area contributed by atoms with Gasteiger partial charge in [-0.2, -0.15) is 5.10 Å². The summed E-state index contributed by atoms with van der Waals surface area (Å²) in [6.07, 6.45) is 1.49. The highest BCUT2D eigenvalue weighted by Crippen LogP contribution is 2.28. The fourth-order valence-electron chi connectivity index (χ4n) is 4.34. The van der Waals surface area contributed by atoms with Gasteiger partial charge in [-0.05, 0) is 25.3 Å². The zero-order valence-electron chi connectivity index (χ0n) is 19.9. The van der Waals surface area contributed by atoms with Crippen LogP contribution in [-0.2, 0) is 13.1 Å². The van der Waals surface area contributed by atoms with Crippen molar-refractivity contribution in [3.8, 4) is 11.5 Å². The fourth-order valence-corrected chi connectivity index (χ4v) is 4.34. The highest BCUT2D eigenvalue weighted by molar-refractivity contribution is 5.90. The number of benzene rings is 2. The predicted molar refractivity (Wildman–Crippen MR) is 130 cm³/mol. The number of likely N-dealkylation sites (tertiary alicyclic amines) is 1. The van der Waals surface area contributed by atoms with Crippen LogP contribution in [0.2, 0.25) is 0 Å². The summed E-state index contributed by atoms with van der Waals surface area (Å²) in [5, 5.41) is 7.63. The Morgan fingerprint density at radius 1 is 1.06 bits per heavy atom. The lowest BCUT2D eigenvalue weighted by molar-refractivity contribution is 0.192. The Morgan fingerprint density at radius 2 is 1.71 bits per heavy atom. The molecular weight excluding hydrogens is 434 g/mol. The van der Waals surface area contributed by atoms with Gasteiger partial charge in [0.2, 0.25) is 0 Å². The molecule has 34 heavy (non-hydrogen) atoms. The average molecular weight is 466 g/mol. The molecule has 4 rings (SSSR count). The number of methoxy groups -OCH3 is 2. The van der Waals surface area contributed by atoms with E-state index >= 15 is 0 Å². The van der Waals surface area contributed by atoms with Crippen molar-refractivity contribution in [2.75, 3.05) is 32.6 Å². The lowest BCUT2D eigenvalue weighted by Gasteiger charge is -2.31. The Morgan fingerprint density at radius 3 is 2.29 bits per heavy atom. The topological polar surface area (TPSA) is 90.6 Å². The minimum absolute atomic E-state index is 0.0894. The molecule has 0 aliphatic carbocycles. The second-order valence-electron chi connectivity index (χ2n) is 8.32. The highest BCUT2D eigenvalue weighted by Gasteiger charge is 2.28. The first-order chi connectivity index (χ1) is 16.5. The summed E-state index contributed by atoms with van der Waals surface area (Å²) in [5.74, 6) is 2.15. The molecule has 1 N–H and O–H groups in total. The smallest absolute Gasteiger partial charge is 0.346 e. The molecule has 9 heteroatoms. The summed E-state index contributed by atoms with van der Waals surface area (Å²) < 4.78 is 13.9. The molecule has 0 bridgehead atoms.